The molecule has 3 unspecified atom stereocenters. The van der Waals surface area contributed by atoms with Crippen LogP contribution in [0.3, 0.4) is 0 Å². The number of anilines is 1. The highest BCUT2D eigenvalue weighted by atomic mass is 32.1. The number of likely N-dealkylation sites (N-methyl/N-ethyl adjacent to an activating group) is 1. The lowest BCUT2D eigenvalue weighted by Gasteiger charge is -2.35. The van der Waals surface area contributed by atoms with E-state index in [1.54, 1.807) is 34.8 Å². The van der Waals surface area contributed by atoms with Crippen LogP contribution in [0.5, 0.6) is 0 Å². The number of thiophene rings is 2. The number of nitrogens with zero attached hydrogens (tertiary/aromatic N) is 3. The van der Waals surface area contributed by atoms with Gasteiger partial charge in [0.2, 0.25) is 0 Å². The number of nitriles is 1. The monoisotopic (exact) mass is 717 g/mol. The molecule has 8 rings (SSSR count). The van der Waals surface area contributed by atoms with Crippen molar-refractivity contribution in [3.8, 4) is 6.07 Å². The molecule has 2 aliphatic carbocycles. The first-order valence-electron chi connectivity index (χ1n) is 16.5. The van der Waals surface area contributed by atoms with Crippen molar-refractivity contribution in [3.63, 3.8) is 0 Å². The van der Waals surface area contributed by atoms with Crippen molar-refractivity contribution in [1.82, 2.24) is 4.57 Å². The number of aromatic nitrogens is 1. The van der Waals surface area contributed by atoms with E-state index < -0.39 is 29.6 Å². The van der Waals surface area contributed by atoms with Gasteiger partial charge in [0.15, 0.2) is 5.57 Å². The number of carboxylic acid groups (broad SMARTS) is 2. The molecule has 8 nitrogen and oxygen atoms in total. The largest absolute Gasteiger partial charge is 0.480 e. The highest BCUT2D eigenvalue weighted by Gasteiger charge is 2.30. The molecule has 2 aromatic carbocycles. The van der Waals surface area contributed by atoms with Crippen molar-refractivity contribution < 1.29 is 19.8 Å². The molecule has 2 N–H and O–H groups in total. The maximum absolute atomic E-state index is 13.2. The summed E-state index contributed by atoms with van der Waals surface area (Å²) in [6.07, 6.45) is 18.4. The Balaban J connectivity index is 1.14. The van der Waals surface area contributed by atoms with Gasteiger partial charge in [0.25, 0.3) is 5.56 Å². The minimum Gasteiger partial charge on any atom is -0.480 e. The quantitative estimate of drug-likeness (QED) is 0.213. The minimum absolute atomic E-state index is 0.159. The van der Waals surface area contributed by atoms with Crippen LogP contribution in [-0.4, -0.2) is 39.3 Å². The lowest BCUT2D eigenvalue weighted by molar-refractivity contribution is -0.138. The summed E-state index contributed by atoms with van der Waals surface area (Å²) in [7, 11) is 0. The molecular weight excluding hydrogens is 687 g/mol. The number of thiazole rings is 1. The third-order valence-corrected chi connectivity index (χ3v) is 13.6. The topological polar surface area (TPSA) is 124 Å². The average Bonchev–Trinajstić information content (AvgIpc) is 3.70. The molecule has 0 bridgehead atoms. The molecule has 11 heteroatoms. The predicted octanol–water partition coefficient (Wildman–Crippen LogP) is 6.25. The van der Waals surface area contributed by atoms with Crippen LogP contribution in [-0.2, 0) is 29.0 Å². The summed E-state index contributed by atoms with van der Waals surface area (Å²) < 4.78 is 4.42. The lowest BCUT2D eigenvalue weighted by atomic mass is 9.86. The van der Waals surface area contributed by atoms with E-state index in [4.69, 9.17) is 0 Å². The zero-order valence-corrected chi connectivity index (χ0v) is 29.4. The van der Waals surface area contributed by atoms with E-state index in [9.17, 15) is 29.9 Å². The third-order valence-electron chi connectivity index (χ3n) is 9.90. The Morgan fingerprint density at radius 2 is 1.88 bits per heavy atom. The van der Waals surface area contributed by atoms with Crippen molar-refractivity contribution in [2.24, 2.45) is 5.92 Å². The van der Waals surface area contributed by atoms with Gasteiger partial charge in [-0.1, -0.05) is 48.6 Å². The van der Waals surface area contributed by atoms with Gasteiger partial charge in [-0.25, -0.2) is 4.79 Å². The number of aliphatic carboxylic acids is 2. The summed E-state index contributed by atoms with van der Waals surface area (Å²) in [4.78, 5) is 40.2. The van der Waals surface area contributed by atoms with E-state index in [2.05, 4.69) is 66.5 Å². The smallest absolute Gasteiger partial charge is 0.349 e. The van der Waals surface area contributed by atoms with Crippen molar-refractivity contribution in [2.75, 3.05) is 11.4 Å². The Morgan fingerprint density at radius 3 is 2.66 bits per heavy atom. The van der Waals surface area contributed by atoms with Gasteiger partial charge in [0.05, 0.1) is 20.0 Å². The normalized spacial score (nSPS) is 20.4. The minimum atomic E-state index is -1.52. The van der Waals surface area contributed by atoms with E-state index in [1.165, 1.54) is 36.7 Å². The van der Waals surface area contributed by atoms with Gasteiger partial charge in [-0.05, 0) is 78.8 Å². The Kier molecular flexibility index (Phi) is 8.18. The third kappa shape index (κ3) is 5.44. The first kappa shape index (κ1) is 32.2. The SMILES string of the molecule is CCN1c2ccc(C3C=Cc4sc5c(sc6ccc(/C=c7/s/c(=C(\C#N)C(=O)O)n(CC(=O)O)c7=O)cc65)c4C3)cc2CCC2C=CC=CC21. The highest BCUT2D eigenvalue weighted by molar-refractivity contribution is 7.33. The van der Waals surface area contributed by atoms with Crippen LogP contribution in [0.1, 0.15) is 46.4 Å². The van der Waals surface area contributed by atoms with Crippen LogP contribution < -0.4 is 19.7 Å². The van der Waals surface area contributed by atoms with Crippen LogP contribution in [0.15, 0.2) is 71.6 Å². The zero-order valence-electron chi connectivity index (χ0n) is 27.0. The van der Waals surface area contributed by atoms with E-state index in [1.807, 2.05) is 18.2 Å². The molecule has 0 radical (unpaired) electrons. The second-order valence-corrected chi connectivity index (χ2v) is 15.9. The maximum atomic E-state index is 13.2. The summed E-state index contributed by atoms with van der Waals surface area (Å²) in [5.41, 5.74) is 4.91. The molecule has 5 aromatic rings. The Morgan fingerprint density at radius 1 is 1.04 bits per heavy atom. The molecule has 0 amide bonds. The number of hydrogen-bond acceptors (Lipinski definition) is 8. The lowest BCUT2D eigenvalue weighted by Crippen LogP contribution is -2.38. The molecule has 0 saturated carbocycles. The number of hydrogen-bond donors (Lipinski definition) is 2. The van der Waals surface area contributed by atoms with E-state index in [-0.39, 0.29) is 15.1 Å². The summed E-state index contributed by atoms with van der Waals surface area (Å²) in [6.45, 7) is 2.47. The van der Waals surface area contributed by atoms with Crippen molar-refractivity contribution in [3.05, 3.63) is 113 Å². The molecule has 250 valence electrons. The van der Waals surface area contributed by atoms with Crippen LogP contribution in [0.2, 0.25) is 0 Å². The van der Waals surface area contributed by atoms with Gasteiger partial charge in [-0.2, -0.15) is 5.26 Å². The number of aryl methyl sites for hydroxylation is 1. The molecule has 3 aromatic heterocycles. The fourth-order valence-electron chi connectivity index (χ4n) is 7.56. The van der Waals surface area contributed by atoms with Gasteiger partial charge < -0.3 is 15.1 Å². The van der Waals surface area contributed by atoms with Gasteiger partial charge in [0, 0.05) is 39.0 Å². The Labute approximate surface area is 298 Å². The highest BCUT2D eigenvalue weighted by Crippen LogP contribution is 2.47. The van der Waals surface area contributed by atoms with Crippen LogP contribution in [0.4, 0.5) is 5.69 Å². The summed E-state index contributed by atoms with van der Waals surface area (Å²) in [5.74, 6) is -2.01. The zero-order chi connectivity index (χ0) is 34.7. The van der Waals surface area contributed by atoms with Crippen LogP contribution in [0, 0.1) is 17.2 Å². The van der Waals surface area contributed by atoms with Gasteiger partial charge in [-0.15, -0.1) is 34.0 Å². The second-order valence-electron chi connectivity index (χ2n) is 12.8. The molecule has 3 atom stereocenters. The van der Waals surface area contributed by atoms with Gasteiger partial charge in [0.1, 0.15) is 17.3 Å². The summed E-state index contributed by atoms with van der Waals surface area (Å²) in [5, 5.41) is 29.3. The average molecular weight is 718 g/mol. The number of carboxylic acids is 2. The number of rotatable bonds is 6. The molecule has 3 aliphatic rings. The number of fused-ring (bicyclic) bond motifs is 7. The molecular formula is C39H31N3O5S3. The summed E-state index contributed by atoms with van der Waals surface area (Å²) in [6, 6.07) is 15.0. The van der Waals surface area contributed by atoms with E-state index in [0.717, 1.165) is 57.4 Å². The molecule has 50 heavy (non-hydrogen) atoms. The van der Waals surface area contributed by atoms with Crippen molar-refractivity contribution in [1.29, 1.82) is 5.26 Å². The Hall–Kier alpha value is -5.02. The van der Waals surface area contributed by atoms with Crippen LogP contribution >= 0.6 is 34.0 Å². The number of carbonyl (C=O) groups is 2. The maximum Gasteiger partial charge on any atom is 0.349 e. The Bertz CT molecular complexity index is 2570. The van der Waals surface area contributed by atoms with E-state index >= 15 is 0 Å². The fraction of sp³-hybridized carbons (Fsp3) is 0.231. The molecule has 0 fully saturated rings. The van der Waals surface area contributed by atoms with Gasteiger partial charge in [-0.3, -0.25) is 14.2 Å². The standard InChI is InChI=1S/C39H31N3O5S3/c1-2-41-29-6-4-3-5-22(29)8-9-25-17-23(10-12-30(25)41)24-11-14-32-27(18-24)36-35(49-32)26-15-21(7-13-31(26)48-36)16-33-37(45)42(20-34(43)44)38(50-33)28(19-40)39(46)47/h3-7,10-17,22,24,29H,2,8-9,18,20H2,1H3,(H,43,44)(H,46,47)/b33-16+,38-28+. The van der Waals surface area contributed by atoms with Crippen LogP contribution in [0.25, 0.3) is 37.2 Å². The fourth-order valence-corrected chi connectivity index (χ4v) is 11.3. The molecule has 0 saturated heterocycles. The van der Waals surface area contributed by atoms with Crippen molar-refractivity contribution >= 4 is 88.8 Å². The molecule has 4 heterocycles. The predicted molar refractivity (Wildman–Crippen MR) is 202 cm³/mol. The summed E-state index contributed by atoms with van der Waals surface area (Å²) >= 11 is 4.35. The number of allylic oxidation sites excluding steroid dienone is 3. The van der Waals surface area contributed by atoms with E-state index in [0.29, 0.717) is 12.0 Å². The number of benzene rings is 2. The second kappa shape index (κ2) is 12.7. The van der Waals surface area contributed by atoms with Crippen molar-refractivity contribution in [2.45, 2.75) is 44.7 Å². The molecule has 1 aliphatic heterocycles. The molecule has 0 spiro atoms. The first-order chi connectivity index (χ1) is 24.2. The first-order valence-corrected chi connectivity index (χ1v) is 18.9. The van der Waals surface area contributed by atoms with Gasteiger partial charge >= 0.3 is 11.9 Å².